The van der Waals surface area contributed by atoms with E-state index in [1.54, 1.807) is 31.8 Å². The second-order valence-electron chi connectivity index (χ2n) is 8.84. The summed E-state index contributed by atoms with van der Waals surface area (Å²) in [7, 11) is 1.68. The van der Waals surface area contributed by atoms with E-state index in [4.69, 9.17) is 25.8 Å². The third-order valence-electron chi connectivity index (χ3n) is 4.85. The van der Waals surface area contributed by atoms with Crippen molar-refractivity contribution in [1.82, 2.24) is 9.78 Å². The number of nitrogens with zero attached hydrogens (tertiary/aromatic N) is 3. The first kappa shape index (κ1) is 26.5. The second kappa shape index (κ2) is 11.4. The van der Waals surface area contributed by atoms with Gasteiger partial charge < -0.3 is 14.2 Å². The number of rotatable bonds is 8. The monoisotopic (exact) mass is 475 g/mol. The summed E-state index contributed by atoms with van der Waals surface area (Å²) in [6, 6.07) is 8.19. The molecule has 0 radical (unpaired) electrons. The number of aliphatic imine (C=N–C) groups is 1. The highest BCUT2D eigenvalue weighted by molar-refractivity contribution is 6.33. The molecule has 8 heteroatoms. The van der Waals surface area contributed by atoms with Crippen LogP contribution < -0.4 is 0 Å². The predicted molar refractivity (Wildman–Crippen MR) is 133 cm³/mol. The molecule has 0 saturated carbocycles. The van der Waals surface area contributed by atoms with Gasteiger partial charge in [0.1, 0.15) is 5.69 Å². The summed E-state index contributed by atoms with van der Waals surface area (Å²) in [6.45, 7) is 14.0. The minimum absolute atomic E-state index is 0.0203. The first-order chi connectivity index (χ1) is 15.5. The lowest BCUT2D eigenvalue weighted by molar-refractivity contribution is -0.0171. The van der Waals surface area contributed by atoms with Gasteiger partial charge in [0.05, 0.1) is 16.8 Å². The molecule has 0 aliphatic rings. The van der Waals surface area contributed by atoms with E-state index < -0.39 is 6.16 Å². The molecule has 0 unspecified atom stereocenters. The summed E-state index contributed by atoms with van der Waals surface area (Å²) in [4.78, 5) is 16.1. The molecule has 2 rings (SSSR count). The number of ether oxygens (including phenoxy) is 3. The maximum Gasteiger partial charge on any atom is 0.511 e. The molecule has 0 amide bonds. The number of hydrogen-bond acceptors (Lipinski definition) is 6. The van der Waals surface area contributed by atoms with Crippen LogP contribution >= 0.6 is 11.6 Å². The van der Waals surface area contributed by atoms with Crippen LogP contribution in [0.4, 0.5) is 4.79 Å². The molecule has 33 heavy (non-hydrogen) atoms. The average Bonchev–Trinajstić information content (AvgIpc) is 3.02. The number of halogens is 1. The van der Waals surface area contributed by atoms with Crippen LogP contribution in [0.2, 0.25) is 5.02 Å². The van der Waals surface area contributed by atoms with Crippen LogP contribution in [0.3, 0.4) is 0 Å². The van der Waals surface area contributed by atoms with E-state index in [2.05, 4.69) is 43.0 Å². The number of carbonyl (C=O) groups excluding carboxylic acids is 1. The van der Waals surface area contributed by atoms with Gasteiger partial charge >= 0.3 is 6.16 Å². The highest BCUT2D eigenvalue weighted by Crippen LogP contribution is 2.34. The van der Waals surface area contributed by atoms with Crippen LogP contribution in [0.25, 0.3) is 11.3 Å². The summed E-state index contributed by atoms with van der Waals surface area (Å²) in [5.41, 5.74) is 4.06. The fraction of sp³-hybridized carbons (Fsp3) is 0.480. The van der Waals surface area contributed by atoms with Crippen molar-refractivity contribution in [2.45, 2.75) is 66.5 Å². The molecule has 1 aromatic heterocycles. The van der Waals surface area contributed by atoms with Crippen molar-refractivity contribution < 1.29 is 19.0 Å². The van der Waals surface area contributed by atoms with Crippen molar-refractivity contribution in [3.05, 3.63) is 51.8 Å². The maximum absolute atomic E-state index is 11.9. The quantitative estimate of drug-likeness (QED) is 0.195. The topological polar surface area (TPSA) is 74.9 Å². The third-order valence-corrected chi connectivity index (χ3v) is 5.30. The standard InChI is InChI=1S/C25H34ClN3O4/c1-9-29-22(21(26)17(4)28-29)23(31-15-32-24(30)33-16(2)3)20(14-27-8)18-10-12-19(13-11-18)25(5,6)7/h10-14,16H,9,15H2,1-8H3/b23-20-,27-14-. The summed E-state index contributed by atoms with van der Waals surface area (Å²) in [5.74, 6) is 0.411. The molecule has 0 aliphatic carbocycles. The number of aromatic nitrogens is 2. The van der Waals surface area contributed by atoms with E-state index >= 15 is 0 Å². The predicted octanol–water partition coefficient (Wildman–Crippen LogP) is 6.27. The number of aryl methyl sites for hydroxylation is 2. The molecule has 0 aliphatic heterocycles. The first-order valence-corrected chi connectivity index (χ1v) is 11.3. The Morgan fingerprint density at radius 1 is 1.21 bits per heavy atom. The second-order valence-corrected chi connectivity index (χ2v) is 9.22. The van der Waals surface area contributed by atoms with Gasteiger partial charge in [-0.25, -0.2) is 4.79 Å². The van der Waals surface area contributed by atoms with Crippen molar-refractivity contribution in [3.8, 4) is 0 Å². The molecule has 0 N–H and O–H groups in total. The van der Waals surface area contributed by atoms with Crippen LogP contribution in [0, 0.1) is 6.92 Å². The van der Waals surface area contributed by atoms with Crippen LogP contribution in [-0.2, 0) is 26.2 Å². The van der Waals surface area contributed by atoms with Gasteiger partial charge in [-0.15, -0.1) is 0 Å². The lowest BCUT2D eigenvalue weighted by Crippen LogP contribution is -2.16. The number of carbonyl (C=O) groups is 1. The van der Waals surface area contributed by atoms with Gasteiger partial charge in [0.15, 0.2) is 5.76 Å². The Hall–Kier alpha value is -2.80. The first-order valence-electron chi connectivity index (χ1n) is 11.0. The zero-order chi connectivity index (χ0) is 24.8. The van der Waals surface area contributed by atoms with Gasteiger partial charge in [0.25, 0.3) is 0 Å². The molecule has 180 valence electrons. The molecule has 1 heterocycles. The number of allylic oxidation sites excluding steroid dienone is 1. The molecule has 0 bridgehead atoms. The Labute approximate surface area is 201 Å². The third kappa shape index (κ3) is 6.84. The van der Waals surface area contributed by atoms with Crippen molar-refractivity contribution in [1.29, 1.82) is 0 Å². The van der Waals surface area contributed by atoms with E-state index in [0.29, 0.717) is 34.3 Å². The van der Waals surface area contributed by atoms with Gasteiger partial charge in [-0.3, -0.25) is 9.67 Å². The van der Waals surface area contributed by atoms with Gasteiger partial charge in [-0.05, 0) is 44.2 Å². The highest BCUT2D eigenvalue weighted by atomic mass is 35.5. The van der Waals surface area contributed by atoms with E-state index in [1.807, 2.05) is 26.0 Å². The minimum atomic E-state index is -0.809. The normalized spacial score (nSPS) is 12.8. The van der Waals surface area contributed by atoms with Crippen molar-refractivity contribution in [3.63, 3.8) is 0 Å². The molecule has 2 aromatic rings. The Bertz CT molecular complexity index is 1020. The van der Waals surface area contributed by atoms with Crippen molar-refractivity contribution in [2.75, 3.05) is 13.8 Å². The molecular weight excluding hydrogens is 442 g/mol. The zero-order valence-corrected chi connectivity index (χ0v) is 21.5. The maximum atomic E-state index is 11.9. The molecule has 0 saturated heterocycles. The Morgan fingerprint density at radius 3 is 2.36 bits per heavy atom. The van der Waals surface area contributed by atoms with E-state index in [1.165, 1.54) is 5.56 Å². The number of hydrogen-bond donors (Lipinski definition) is 0. The Kier molecular flexibility index (Phi) is 9.11. The summed E-state index contributed by atoms with van der Waals surface area (Å²) >= 11 is 6.64. The zero-order valence-electron chi connectivity index (χ0n) is 20.7. The highest BCUT2D eigenvalue weighted by Gasteiger charge is 2.23. The van der Waals surface area contributed by atoms with Gasteiger partial charge in [0.2, 0.25) is 6.79 Å². The SMILES string of the molecule is CCn1nc(C)c(Cl)c1/C(OCOC(=O)OC(C)C)=C(\C=N/C)c1ccc(C(C)(C)C)cc1. The molecule has 0 spiro atoms. The van der Waals surface area contributed by atoms with Crippen LogP contribution in [0.15, 0.2) is 29.3 Å². The van der Waals surface area contributed by atoms with Crippen molar-refractivity contribution in [2.24, 2.45) is 4.99 Å². The summed E-state index contributed by atoms with van der Waals surface area (Å²) < 4.78 is 17.9. The largest absolute Gasteiger partial charge is 0.511 e. The van der Waals surface area contributed by atoms with E-state index in [0.717, 1.165) is 5.56 Å². The lowest BCUT2D eigenvalue weighted by atomic mass is 9.86. The van der Waals surface area contributed by atoms with E-state index in [9.17, 15) is 4.79 Å². The minimum Gasteiger partial charge on any atom is -0.454 e. The van der Waals surface area contributed by atoms with Gasteiger partial charge in [0, 0.05) is 25.4 Å². The summed E-state index contributed by atoms with van der Waals surface area (Å²) in [6.07, 6.45) is 0.595. The molecule has 7 nitrogen and oxygen atoms in total. The molecule has 0 atom stereocenters. The van der Waals surface area contributed by atoms with Crippen LogP contribution in [0.5, 0.6) is 0 Å². The van der Waals surface area contributed by atoms with Gasteiger partial charge in [-0.1, -0.05) is 56.6 Å². The molecular formula is C25H34ClN3O4. The van der Waals surface area contributed by atoms with Crippen LogP contribution in [0.1, 0.15) is 64.1 Å². The smallest absolute Gasteiger partial charge is 0.454 e. The Morgan fingerprint density at radius 2 is 1.85 bits per heavy atom. The number of benzene rings is 1. The van der Waals surface area contributed by atoms with Crippen LogP contribution in [-0.4, -0.2) is 42.1 Å². The van der Waals surface area contributed by atoms with Crippen molar-refractivity contribution >= 4 is 35.3 Å². The summed E-state index contributed by atoms with van der Waals surface area (Å²) in [5, 5.41) is 4.97. The molecule has 1 aromatic carbocycles. The fourth-order valence-electron chi connectivity index (χ4n) is 3.19. The Balaban J connectivity index is 2.59. The lowest BCUT2D eigenvalue weighted by Gasteiger charge is -2.20. The van der Waals surface area contributed by atoms with E-state index in [-0.39, 0.29) is 18.3 Å². The molecule has 0 fully saturated rings. The average molecular weight is 476 g/mol. The van der Waals surface area contributed by atoms with Gasteiger partial charge in [-0.2, -0.15) is 5.10 Å². The fourth-order valence-corrected chi connectivity index (χ4v) is 3.41.